The molecule has 0 amide bonds. The van der Waals surface area contributed by atoms with Gasteiger partial charge in [0.25, 0.3) is 0 Å². The first-order valence-electron chi connectivity index (χ1n) is 8.39. The molecule has 1 heterocycles. The average Bonchev–Trinajstić information content (AvgIpc) is 3.00. The van der Waals surface area contributed by atoms with Crippen LogP contribution in [-0.2, 0) is 23.5 Å². The van der Waals surface area contributed by atoms with Crippen LogP contribution < -0.4 is 0 Å². The summed E-state index contributed by atoms with van der Waals surface area (Å²) in [5.74, 6) is 1.87. The topological polar surface area (TPSA) is 39.9 Å². The van der Waals surface area contributed by atoms with E-state index in [1.54, 1.807) is 18.9 Å². The van der Waals surface area contributed by atoms with Crippen LogP contribution >= 0.6 is 11.8 Å². The Bertz CT molecular complexity index is 802. The van der Waals surface area contributed by atoms with Gasteiger partial charge in [-0.05, 0) is 18.1 Å². The fourth-order valence-corrected chi connectivity index (χ4v) is 3.62. The largest absolute Gasteiger partial charge is 0.383 e. The van der Waals surface area contributed by atoms with E-state index in [0.29, 0.717) is 6.61 Å². The minimum atomic E-state index is 0.651. The Balaban J connectivity index is 1.76. The maximum Gasteiger partial charge on any atom is 0.191 e. The Morgan fingerprint density at radius 1 is 1.00 bits per heavy atom. The highest BCUT2D eigenvalue weighted by Gasteiger charge is 2.13. The normalized spacial score (nSPS) is 11.0. The van der Waals surface area contributed by atoms with Gasteiger partial charge in [0.05, 0.1) is 6.61 Å². The van der Waals surface area contributed by atoms with E-state index < -0.39 is 0 Å². The summed E-state index contributed by atoms with van der Waals surface area (Å²) >= 11 is 1.72. The molecule has 5 heteroatoms. The monoisotopic (exact) mass is 353 g/mol. The number of rotatable bonds is 8. The molecule has 0 spiro atoms. The van der Waals surface area contributed by atoms with Gasteiger partial charge in [-0.2, -0.15) is 0 Å². The second-order valence-electron chi connectivity index (χ2n) is 5.98. The van der Waals surface area contributed by atoms with E-state index in [-0.39, 0.29) is 0 Å². The molecule has 4 nitrogen and oxygen atoms in total. The quantitative estimate of drug-likeness (QED) is 0.571. The molecular formula is C20H23N3OS. The van der Waals surface area contributed by atoms with Crippen molar-refractivity contribution < 1.29 is 4.74 Å². The van der Waals surface area contributed by atoms with Crippen molar-refractivity contribution in [2.24, 2.45) is 0 Å². The maximum absolute atomic E-state index is 5.27. The molecular weight excluding hydrogens is 330 g/mol. The van der Waals surface area contributed by atoms with Crippen LogP contribution in [0, 0.1) is 6.92 Å². The zero-order valence-electron chi connectivity index (χ0n) is 14.7. The highest BCUT2D eigenvalue weighted by molar-refractivity contribution is 7.98. The van der Waals surface area contributed by atoms with Crippen LogP contribution in [0.5, 0.6) is 0 Å². The van der Waals surface area contributed by atoms with Crippen LogP contribution in [0.25, 0.3) is 0 Å². The molecule has 0 unspecified atom stereocenters. The standard InChI is InChI=1S/C20H23N3OS/c1-16-7-6-10-18(13-16)15-25-20-22-21-19(23(20)11-12-24-2)14-17-8-4-3-5-9-17/h3-10,13H,11-12,14-15H2,1-2H3. The molecule has 130 valence electrons. The molecule has 0 N–H and O–H groups in total. The SMILES string of the molecule is COCCn1c(Cc2ccccc2)nnc1SCc1cccc(C)c1. The van der Waals surface area contributed by atoms with Crippen molar-refractivity contribution in [2.75, 3.05) is 13.7 Å². The number of nitrogens with zero attached hydrogens (tertiary/aromatic N) is 3. The van der Waals surface area contributed by atoms with Crippen LogP contribution in [0.4, 0.5) is 0 Å². The summed E-state index contributed by atoms with van der Waals surface area (Å²) < 4.78 is 7.45. The summed E-state index contributed by atoms with van der Waals surface area (Å²) in [4.78, 5) is 0. The van der Waals surface area contributed by atoms with Gasteiger partial charge in [0, 0.05) is 25.8 Å². The zero-order chi connectivity index (χ0) is 17.5. The van der Waals surface area contributed by atoms with Gasteiger partial charge in [-0.25, -0.2) is 0 Å². The molecule has 0 aliphatic rings. The number of aryl methyl sites for hydroxylation is 1. The van der Waals surface area contributed by atoms with Crippen molar-refractivity contribution >= 4 is 11.8 Å². The predicted molar refractivity (Wildman–Crippen MR) is 102 cm³/mol. The van der Waals surface area contributed by atoms with Crippen LogP contribution in [0.2, 0.25) is 0 Å². The van der Waals surface area contributed by atoms with Crippen LogP contribution in [0.1, 0.15) is 22.5 Å². The van der Waals surface area contributed by atoms with Gasteiger partial charge in [-0.3, -0.25) is 0 Å². The fourth-order valence-electron chi connectivity index (χ4n) is 2.69. The Morgan fingerprint density at radius 2 is 1.80 bits per heavy atom. The minimum Gasteiger partial charge on any atom is -0.383 e. The summed E-state index contributed by atoms with van der Waals surface area (Å²) in [6.07, 6.45) is 0.780. The third-order valence-corrected chi connectivity index (χ3v) is 5.01. The lowest BCUT2D eigenvalue weighted by Gasteiger charge is -2.10. The molecule has 0 saturated heterocycles. The first kappa shape index (κ1) is 17.7. The smallest absolute Gasteiger partial charge is 0.191 e. The third-order valence-electron chi connectivity index (χ3n) is 3.97. The van der Waals surface area contributed by atoms with Crippen LogP contribution in [0.3, 0.4) is 0 Å². The molecule has 0 radical (unpaired) electrons. The highest BCUT2D eigenvalue weighted by Crippen LogP contribution is 2.23. The molecule has 0 fully saturated rings. The Kier molecular flexibility index (Phi) is 6.25. The lowest BCUT2D eigenvalue weighted by molar-refractivity contribution is 0.184. The molecule has 0 atom stereocenters. The van der Waals surface area contributed by atoms with E-state index in [1.165, 1.54) is 16.7 Å². The van der Waals surface area contributed by atoms with Gasteiger partial charge in [0.1, 0.15) is 5.82 Å². The van der Waals surface area contributed by atoms with Crippen molar-refractivity contribution in [1.29, 1.82) is 0 Å². The van der Waals surface area contributed by atoms with Gasteiger partial charge in [-0.15, -0.1) is 10.2 Å². The molecule has 0 aliphatic heterocycles. The molecule has 25 heavy (non-hydrogen) atoms. The molecule has 1 aromatic heterocycles. The van der Waals surface area contributed by atoms with E-state index in [1.807, 2.05) is 6.07 Å². The van der Waals surface area contributed by atoms with Crippen molar-refractivity contribution in [3.63, 3.8) is 0 Å². The molecule has 3 rings (SSSR count). The third kappa shape index (κ3) is 4.94. The first-order chi connectivity index (χ1) is 12.3. The van der Waals surface area contributed by atoms with Crippen LogP contribution in [-0.4, -0.2) is 28.5 Å². The average molecular weight is 353 g/mol. The molecule has 0 bridgehead atoms. The molecule has 3 aromatic rings. The minimum absolute atomic E-state index is 0.651. The fraction of sp³-hybridized carbons (Fsp3) is 0.300. The van der Waals surface area contributed by atoms with Crippen molar-refractivity contribution in [1.82, 2.24) is 14.8 Å². The van der Waals surface area contributed by atoms with E-state index >= 15 is 0 Å². The number of hydrogen-bond donors (Lipinski definition) is 0. The second kappa shape index (κ2) is 8.83. The number of methoxy groups -OCH3 is 1. The zero-order valence-corrected chi connectivity index (χ0v) is 15.5. The summed E-state index contributed by atoms with van der Waals surface area (Å²) in [5, 5.41) is 9.80. The van der Waals surface area contributed by atoms with E-state index in [2.05, 4.69) is 70.2 Å². The van der Waals surface area contributed by atoms with Gasteiger partial charge >= 0.3 is 0 Å². The molecule has 0 saturated carbocycles. The predicted octanol–water partition coefficient (Wildman–Crippen LogP) is 4.12. The lowest BCUT2D eigenvalue weighted by atomic mass is 10.1. The maximum atomic E-state index is 5.27. The Morgan fingerprint density at radius 3 is 2.56 bits per heavy atom. The highest BCUT2D eigenvalue weighted by atomic mass is 32.2. The van der Waals surface area contributed by atoms with Crippen molar-refractivity contribution in [3.05, 3.63) is 77.1 Å². The second-order valence-corrected chi connectivity index (χ2v) is 6.93. The van der Waals surface area contributed by atoms with Crippen molar-refractivity contribution in [3.8, 4) is 0 Å². The summed E-state index contributed by atoms with van der Waals surface area (Å²) in [5.41, 5.74) is 3.82. The van der Waals surface area contributed by atoms with E-state index in [4.69, 9.17) is 4.74 Å². The number of thioether (sulfide) groups is 1. The summed E-state index contributed by atoms with van der Waals surface area (Å²) in [6, 6.07) is 19.0. The number of hydrogen-bond acceptors (Lipinski definition) is 4. The van der Waals surface area contributed by atoms with Gasteiger partial charge in [0.15, 0.2) is 5.16 Å². The van der Waals surface area contributed by atoms with Gasteiger partial charge < -0.3 is 9.30 Å². The number of aromatic nitrogens is 3. The number of ether oxygens (including phenoxy) is 1. The van der Waals surface area contributed by atoms with E-state index in [0.717, 1.165) is 29.7 Å². The molecule has 2 aromatic carbocycles. The van der Waals surface area contributed by atoms with Crippen molar-refractivity contribution in [2.45, 2.75) is 30.8 Å². The number of benzene rings is 2. The Labute approximate surface area is 153 Å². The van der Waals surface area contributed by atoms with E-state index in [9.17, 15) is 0 Å². The Hall–Kier alpha value is -2.11. The van der Waals surface area contributed by atoms with Gasteiger partial charge in [-0.1, -0.05) is 71.9 Å². The lowest BCUT2D eigenvalue weighted by Crippen LogP contribution is -2.10. The summed E-state index contributed by atoms with van der Waals surface area (Å²) in [6.45, 7) is 3.53. The van der Waals surface area contributed by atoms with Crippen LogP contribution in [0.15, 0.2) is 59.8 Å². The first-order valence-corrected chi connectivity index (χ1v) is 9.38. The summed E-state index contributed by atoms with van der Waals surface area (Å²) in [7, 11) is 1.72. The molecule has 0 aliphatic carbocycles. The van der Waals surface area contributed by atoms with Gasteiger partial charge in [0.2, 0.25) is 0 Å².